The first kappa shape index (κ1) is 12.4. The maximum Gasteiger partial charge on any atom is 0.222 e. The van der Waals surface area contributed by atoms with Crippen molar-refractivity contribution in [2.45, 2.75) is 18.9 Å². The molecule has 1 saturated heterocycles. The summed E-state index contributed by atoms with van der Waals surface area (Å²) in [6.07, 6.45) is 1.03. The molecule has 1 aromatic heterocycles. The van der Waals surface area contributed by atoms with Crippen LogP contribution >= 0.6 is 11.6 Å². The van der Waals surface area contributed by atoms with Gasteiger partial charge in [0.2, 0.25) is 5.91 Å². The van der Waals surface area contributed by atoms with Gasteiger partial charge in [-0.3, -0.25) is 4.79 Å². The van der Waals surface area contributed by atoms with Crippen molar-refractivity contribution in [3.05, 3.63) is 29.8 Å². The number of carbonyl (C=O) groups excluding carboxylic acids is 1. The first-order valence-electron chi connectivity index (χ1n) is 6.18. The van der Waals surface area contributed by atoms with E-state index in [-0.39, 0.29) is 17.8 Å². The van der Waals surface area contributed by atoms with E-state index in [1.54, 1.807) is 6.07 Å². The highest BCUT2D eigenvalue weighted by Crippen LogP contribution is 2.26. The van der Waals surface area contributed by atoms with Crippen LogP contribution in [0.5, 0.6) is 0 Å². The van der Waals surface area contributed by atoms with E-state index in [4.69, 9.17) is 11.6 Å². The lowest BCUT2D eigenvalue weighted by Gasteiger charge is -2.14. The van der Waals surface area contributed by atoms with E-state index < -0.39 is 0 Å². The third kappa shape index (κ3) is 2.18. The van der Waals surface area contributed by atoms with Crippen LogP contribution < -0.4 is 5.32 Å². The van der Waals surface area contributed by atoms with Crippen LogP contribution in [0.25, 0.3) is 11.0 Å². The maximum absolute atomic E-state index is 13.3. The van der Waals surface area contributed by atoms with Gasteiger partial charge < -0.3 is 9.88 Å². The van der Waals surface area contributed by atoms with E-state index >= 15 is 0 Å². The number of hydrogen-bond donors (Lipinski definition) is 1. The normalized spacial score (nSPS) is 19.1. The van der Waals surface area contributed by atoms with Crippen molar-refractivity contribution in [3.63, 3.8) is 0 Å². The number of aromatic nitrogens is 2. The molecule has 100 valence electrons. The largest absolute Gasteiger partial charge is 0.354 e. The Labute approximate surface area is 114 Å². The number of hydrogen-bond acceptors (Lipinski definition) is 2. The highest BCUT2D eigenvalue weighted by atomic mass is 35.5. The summed E-state index contributed by atoms with van der Waals surface area (Å²) < 4.78 is 15.3. The van der Waals surface area contributed by atoms with E-state index in [1.165, 1.54) is 12.1 Å². The number of imidazole rings is 1. The summed E-state index contributed by atoms with van der Waals surface area (Å²) in [6.45, 7) is 0.580. The Hall–Kier alpha value is -1.62. The zero-order valence-corrected chi connectivity index (χ0v) is 11.0. The minimum absolute atomic E-state index is 0.0289. The van der Waals surface area contributed by atoms with Crippen LogP contribution in [0.2, 0.25) is 0 Å². The lowest BCUT2D eigenvalue weighted by molar-refractivity contribution is -0.119. The van der Waals surface area contributed by atoms with Crippen LogP contribution in [0.1, 0.15) is 18.3 Å². The average Bonchev–Trinajstić information content (AvgIpc) is 2.92. The van der Waals surface area contributed by atoms with Gasteiger partial charge in [-0.15, -0.1) is 11.6 Å². The van der Waals surface area contributed by atoms with Gasteiger partial charge >= 0.3 is 0 Å². The Morgan fingerprint density at radius 1 is 1.53 bits per heavy atom. The maximum atomic E-state index is 13.3. The molecule has 6 heteroatoms. The zero-order chi connectivity index (χ0) is 13.4. The first-order chi connectivity index (χ1) is 9.19. The van der Waals surface area contributed by atoms with Gasteiger partial charge in [-0.2, -0.15) is 0 Å². The number of fused-ring (bicyclic) bond motifs is 1. The molecular weight excluding hydrogens is 269 g/mol. The summed E-state index contributed by atoms with van der Waals surface area (Å²) >= 11 is 5.79. The van der Waals surface area contributed by atoms with Gasteiger partial charge in [-0.25, -0.2) is 9.37 Å². The average molecular weight is 282 g/mol. The van der Waals surface area contributed by atoms with Gasteiger partial charge in [-0.05, 0) is 12.1 Å². The highest BCUT2D eigenvalue weighted by molar-refractivity contribution is 6.17. The molecule has 1 fully saturated rings. The lowest BCUT2D eigenvalue weighted by atomic mass is 10.2. The van der Waals surface area contributed by atoms with Crippen molar-refractivity contribution in [3.8, 4) is 0 Å². The molecule has 3 rings (SSSR count). The molecule has 1 unspecified atom stereocenters. The molecular formula is C13H13ClFN3O. The van der Waals surface area contributed by atoms with E-state index in [0.29, 0.717) is 30.8 Å². The molecule has 2 heterocycles. The molecule has 0 spiro atoms. The number of benzene rings is 1. The van der Waals surface area contributed by atoms with E-state index in [0.717, 1.165) is 11.3 Å². The number of nitrogens with zero attached hydrogens (tertiary/aromatic N) is 2. The summed E-state index contributed by atoms with van der Waals surface area (Å²) in [4.78, 5) is 15.8. The van der Waals surface area contributed by atoms with Crippen LogP contribution in [0.4, 0.5) is 4.39 Å². The van der Waals surface area contributed by atoms with Crippen molar-refractivity contribution >= 4 is 28.5 Å². The third-order valence-electron chi connectivity index (χ3n) is 3.36. The summed E-state index contributed by atoms with van der Waals surface area (Å²) in [5.41, 5.74) is 1.46. The molecule has 1 atom stereocenters. The second-order valence-corrected chi connectivity index (χ2v) is 5.01. The molecule has 19 heavy (non-hydrogen) atoms. The number of nitrogens with one attached hydrogen (secondary N) is 1. The fourth-order valence-electron chi connectivity index (χ4n) is 2.56. The van der Waals surface area contributed by atoms with Crippen molar-refractivity contribution in [2.24, 2.45) is 0 Å². The van der Waals surface area contributed by atoms with Crippen molar-refractivity contribution < 1.29 is 9.18 Å². The molecule has 1 aliphatic heterocycles. The molecule has 0 aliphatic carbocycles. The predicted molar refractivity (Wildman–Crippen MR) is 70.8 cm³/mol. The molecule has 1 N–H and O–H groups in total. The van der Waals surface area contributed by atoms with Gasteiger partial charge in [0.1, 0.15) is 11.6 Å². The molecule has 1 aromatic carbocycles. The van der Waals surface area contributed by atoms with Crippen LogP contribution in [-0.4, -0.2) is 27.9 Å². The monoisotopic (exact) mass is 281 g/mol. The van der Waals surface area contributed by atoms with E-state index in [9.17, 15) is 9.18 Å². The minimum Gasteiger partial charge on any atom is -0.354 e. The zero-order valence-electron chi connectivity index (χ0n) is 10.2. The Balaban J connectivity index is 2.13. The Morgan fingerprint density at radius 2 is 2.37 bits per heavy atom. The Kier molecular flexibility index (Phi) is 3.14. The Bertz CT molecular complexity index is 640. The molecule has 0 bridgehead atoms. The standard InChI is InChI=1S/C13H13ClFN3O/c14-4-3-12-17-10-5-8(15)1-2-11(10)18(12)9-6-13(19)16-7-9/h1-2,5,9H,3-4,6-7H2,(H,16,19). The molecule has 0 radical (unpaired) electrons. The molecule has 4 nitrogen and oxygen atoms in total. The lowest BCUT2D eigenvalue weighted by Crippen LogP contribution is -2.17. The Morgan fingerprint density at radius 3 is 3.05 bits per heavy atom. The number of alkyl halides is 1. The molecule has 1 amide bonds. The van der Waals surface area contributed by atoms with Gasteiger partial charge in [0, 0.05) is 31.3 Å². The van der Waals surface area contributed by atoms with Crippen LogP contribution in [-0.2, 0) is 11.2 Å². The number of carbonyl (C=O) groups is 1. The number of aryl methyl sites for hydroxylation is 1. The smallest absolute Gasteiger partial charge is 0.222 e. The summed E-state index contributed by atoms with van der Waals surface area (Å²) in [7, 11) is 0. The fraction of sp³-hybridized carbons (Fsp3) is 0.385. The summed E-state index contributed by atoms with van der Waals surface area (Å²) in [6, 6.07) is 4.56. The topological polar surface area (TPSA) is 46.9 Å². The molecule has 0 saturated carbocycles. The summed E-state index contributed by atoms with van der Waals surface area (Å²) in [5.74, 6) is 0.970. The van der Waals surface area contributed by atoms with Crippen LogP contribution in [0.3, 0.4) is 0 Å². The third-order valence-corrected chi connectivity index (χ3v) is 3.55. The van der Waals surface area contributed by atoms with Crippen molar-refractivity contribution in [1.29, 1.82) is 0 Å². The number of halogens is 2. The van der Waals surface area contributed by atoms with Gasteiger partial charge in [0.25, 0.3) is 0 Å². The van der Waals surface area contributed by atoms with Gasteiger partial charge in [0.15, 0.2) is 0 Å². The van der Waals surface area contributed by atoms with Crippen LogP contribution in [0.15, 0.2) is 18.2 Å². The second-order valence-electron chi connectivity index (χ2n) is 4.63. The van der Waals surface area contributed by atoms with E-state index in [2.05, 4.69) is 10.3 Å². The number of amides is 1. The fourth-order valence-corrected chi connectivity index (χ4v) is 2.73. The highest BCUT2D eigenvalue weighted by Gasteiger charge is 2.26. The SMILES string of the molecule is O=C1CC(n2c(CCCl)nc3cc(F)ccc32)CN1. The molecule has 1 aliphatic rings. The van der Waals surface area contributed by atoms with Crippen molar-refractivity contribution in [2.75, 3.05) is 12.4 Å². The van der Waals surface area contributed by atoms with Crippen LogP contribution in [0, 0.1) is 5.82 Å². The summed E-state index contributed by atoms with van der Waals surface area (Å²) in [5, 5.41) is 2.81. The van der Waals surface area contributed by atoms with E-state index in [1.807, 2.05) is 4.57 Å². The first-order valence-corrected chi connectivity index (χ1v) is 6.71. The van der Waals surface area contributed by atoms with Gasteiger partial charge in [0.05, 0.1) is 17.1 Å². The quantitative estimate of drug-likeness (QED) is 0.875. The van der Waals surface area contributed by atoms with Gasteiger partial charge in [-0.1, -0.05) is 0 Å². The number of rotatable bonds is 3. The molecule has 2 aromatic rings. The minimum atomic E-state index is -0.310. The van der Waals surface area contributed by atoms with Crippen molar-refractivity contribution in [1.82, 2.24) is 14.9 Å². The predicted octanol–water partition coefficient (Wildman–Crippen LogP) is 2.02. The second kappa shape index (κ2) is 4.81.